The Balaban J connectivity index is 1.53. The number of hydrogen-bond acceptors (Lipinski definition) is 5. The topological polar surface area (TPSA) is 90.0 Å². The summed E-state index contributed by atoms with van der Waals surface area (Å²) >= 11 is 0. The Morgan fingerprint density at radius 1 is 0.860 bits per heavy atom. The average molecular weight is 579 g/mol. The van der Waals surface area contributed by atoms with Gasteiger partial charge in [-0.25, -0.2) is 4.39 Å². The van der Waals surface area contributed by atoms with Gasteiger partial charge >= 0.3 is 0 Å². The van der Waals surface area contributed by atoms with Crippen LogP contribution in [0.2, 0.25) is 0 Å². The maximum Gasteiger partial charge on any atom is 0.299 e. The molecule has 0 spiro atoms. The molecule has 1 aliphatic rings. The van der Waals surface area contributed by atoms with Gasteiger partial charge in [0.15, 0.2) is 0 Å². The molecule has 4 aromatic carbocycles. The van der Waals surface area contributed by atoms with E-state index in [0.29, 0.717) is 16.9 Å². The van der Waals surface area contributed by atoms with Crippen molar-refractivity contribution in [3.63, 3.8) is 0 Å². The van der Waals surface area contributed by atoms with E-state index in [-0.39, 0.29) is 12.1 Å². The molecule has 9 heteroatoms. The minimum atomic E-state index is -1.19. The van der Waals surface area contributed by atoms with E-state index in [1.807, 2.05) is 62.3 Å². The van der Waals surface area contributed by atoms with Crippen molar-refractivity contribution in [2.75, 3.05) is 35.8 Å². The molecule has 218 valence electrons. The first-order valence-electron chi connectivity index (χ1n) is 13.8. The van der Waals surface area contributed by atoms with Gasteiger partial charge < -0.3 is 15.1 Å². The van der Waals surface area contributed by atoms with Crippen LogP contribution < -0.4 is 15.1 Å². The van der Waals surface area contributed by atoms with Crippen molar-refractivity contribution in [2.24, 2.45) is 0 Å². The fourth-order valence-corrected chi connectivity index (χ4v) is 5.02. The smallest absolute Gasteiger partial charge is 0.299 e. The summed E-state index contributed by atoms with van der Waals surface area (Å²) in [6.07, 6.45) is 0. The van der Waals surface area contributed by atoms with Gasteiger partial charge in [0.2, 0.25) is 5.91 Å². The number of carbonyl (C=O) groups is 4. The number of benzene rings is 4. The minimum absolute atomic E-state index is 0.0196. The molecule has 0 aliphatic carbocycles. The van der Waals surface area contributed by atoms with E-state index < -0.39 is 41.9 Å². The second-order valence-corrected chi connectivity index (χ2v) is 10.6. The highest BCUT2D eigenvalue weighted by Gasteiger charge is 2.39. The number of nitrogens with one attached hydrogen (secondary N) is 1. The van der Waals surface area contributed by atoms with Crippen LogP contribution in [-0.2, 0) is 20.9 Å². The van der Waals surface area contributed by atoms with E-state index in [1.54, 1.807) is 36.4 Å². The monoisotopic (exact) mass is 578 g/mol. The molecule has 4 aromatic rings. The molecule has 8 nitrogen and oxygen atoms in total. The summed E-state index contributed by atoms with van der Waals surface area (Å²) < 4.78 is 14.0. The lowest BCUT2D eigenvalue weighted by Crippen LogP contribution is -2.46. The Morgan fingerprint density at radius 3 is 2.16 bits per heavy atom. The molecule has 0 saturated heterocycles. The summed E-state index contributed by atoms with van der Waals surface area (Å²) in [5.41, 5.74) is 4.17. The highest BCUT2D eigenvalue weighted by atomic mass is 19.1. The van der Waals surface area contributed by atoms with E-state index in [4.69, 9.17) is 0 Å². The van der Waals surface area contributed by atoms with Crippen molar-refractivity contribution >= 4 is 40.6 Å². The van der Waals surface area contributed by atoms with E-state index in [0.717, 1.165) is 21.7 Å². The summed E-state index contributed by atoms with van der Waals surface area (Å²) in [5, 5.41) is 2.90. The molecule has 0 saturated carbocycles. The Labute approximate surface area is 249 Å². The molecule has 1 aliphatic heterocycles. The van der Waals surface area contributed by atoms with Gasteiger partial charge in [-0.05, 0) is 66.6 Å². The number of carbonyl (C=O) groups excluding carboxylic acids is 4. The van der Waals surface area contributed by atoms with Gasteiger partial charge in [0.05, 0.1) is 11.3 Å². The van der Waals surface area contributed by atoms with Crippen LogP contribution in [-0.4, -0.2) is 49.0 Å². The fraction of sp³-hybridized carbons (Fsp3) is 0.176. The van der Waals surface area contributed by atoms with Gasteiger partial charge in [-0.15, -0.1) is 0 Å². The Kier molecular flexibility index (Phi) is 8.34. The van der Waals surface area contributed by atoms with Crippen LogP contribution in [0.15, 0.2) is 97.1 Å². The third kappa shape index (κ3) is 6.30. The normalized spacial score (nSPS) is 13.0. The highest BCUT2D eigenvalue weighted by Crippen LogP contribution is 2.31. The van der Waals surface area contributed by atoms with Gasteiger partial charge in [-0.2, -0.15) is 0 Å². The number of ketones is 1. The third-order valence-electron chi connectivity index (χ3n) is 7.36. The van der Waals surface area contributed by atoms with Gasteiger partial charge in [0, 0.05) is 32.0 Å². The number of anilines is 3. The number of Topliss-reactive ketones (excluding diaryl/α,β-unsaturated/α-hetero) is 1. The molecule has 0 aromatic heterocycles. The number of para-hydroxylation sites is 1. The van der Waals surface area contributed by atoms with E-state index in [2.05, 4.69) is 5.32 Å². The highest BCUT2D eigenvalue weighted by molar-refractivity contribution is 6.52. The van der Waals surface area contributed by atoms with Crippen LogP contribution in [0.4, 0.5) is 21.5 Å². The number of rotatable bonds is 9. The number of hydrogen-bond donors (Lipinski definition) is 1. The molecule has 43 heavy (non-hydrogen) atoms. The number of fused-ring (bicyclic) bond motifs is 1. The fourth-order valence-electron chi connectivity index (χ4n) is 5.02. The lowest BCUT2D eigenvalue weighted by Gasteiger charge is -2.33. The second-order valence-electron chi connectivity index (χ2n) is 10.6. The first kappa shape index (κ1) is 29.2. The zero-order valence-electron chi connectivity index (χ0n) is 24.1. The van der Waals surface area contributed by atoms with E-state index in [1.165, 1.54) is 29.2 Å². The summed E-state index contributed by atoms with van der Waals surface area (Å²) in [5.74, 6) is -3.08. The predicted octanol–water partition coefficient (Wildman–Crippen LogP) is 5.14. The molecule has 1 heterocycles. The average Bonchev–Trinajstić information content (AvgIpc) is 3.23. The molecule has 0 fully saturated rings. The first-order valence-corrected chi connectivity index (χ1v) is 13.8. The van der Waals surface area contributed by atoms with Gasteiger partial charge in [0.1, 0.15) is 18.4 Å². The summed E-state index contributed by atoms with van der Waals surface area (Å²) in [6.45, 7) is 1.50. The quantitative estimate of drug-likeness (QED) is 0.278. The van der Waals surface area contributed by atoms with Crippen molar-refractivity contribution in [1.82, 2.24) is 4.90 Å². The molecule has 1 unspecified atom stereocenters. The predicted molar refractivity (Wildman–Crippen MR) is 163 cm³/mol. The van der Waals surface area contributed by atoms with E-state index in [9.17, 15) is 23.6 Å². The third-order valence-corrected chi connectivity index (χ3v) is 7.36. The molecule has 3 amide bonds. The Hall–Kier alpha value is -5.31. The molecule has 5 rings (SSSR count). The molecule has 0 radical (unpaired) electrons. The number of nitrogens with zero attached hydrogens (tertiary/aromatic N) is 3. The maximum atomic E-state index is 14.2. The van der Waals surface area contributed by atoms with Crippen molar-refractivity contribution in [1.29, 1.82) is 0 Å². The Bertz CT molecular complexity index is 1670. The van der Waals surface area contributed by atoms with Gasteiger partial charge in [0.25, 0.3) is 17.6 Å². The maximum absolute atomic E-state index is 14.2. The molecular formula is C34H31FN4O4. The standard InChI is InChI=1S/C34H31FN4O4/c1-22-8-10-23(11-9-22)20-39(30(40)21-38-29-7-5-4-6-28(29)32(41)34(38)43)31(24-12-14-25(35)15-13-24)33(42)36-26-16-18-27(19-17-26)37(2)3/h4-19,31H,20-21H2,1-3H3,(H,36,42). The van der Waals surface area contributed by atoms with Crippen LogP contribution in [0.25, 0.3) is 0 Å². The molecule has 0 bridgehead atoms. The van der Waals surface area contributed by atoms with Crippen LogP contribution >= 0.6 is 0 Å². The lowest BCUT2D eigenvalue weighted by molar-refractivity contribution is -0.139. The van der Waals surface area contributed by atoms with Crippen molar-refractivity contribution < 1.29 is 23.6 Å². The number of halogens is 1. The number of amides is 3. The molecule has 1 atom stereocenters. The minimum Gasteiger partial charge on any atom is -0.378 e. The first-order chi connectivity index (χ1) is 20.6. The second kappa shape index (κ2) is 12.3. The van der Waals surface area contributed by atoms with Crippen molar-refractivity contribution in [3.8, 4) is 0 Å². The van der Waals surface area contributed by atoms with Crippen LogP contribution in [0.5, 0.6) is 0 Å². The SMILES string of the molecule is Cc1ccc(CN(C(=O)CN2C(=O)C(=O)c3ccccc32)C(C(=O)Nc2ccc(N(C)C)cc2)c2ccc(F)cc2)cc1. The Morgan fingerprint density at radius 2 is 1.51 bits per heavy atom. The van der Waals surface area contributed by atoms with Crippen LogP contribution in [0.3, 0.4) is 0 Å². The number of aryl methyl sites for hydroxylation is 1. The summed E-state index contributed by atoms with van der Waals surface area (Å²) in [7, 11) is 3.81. The van der Waals surface area contributed by atoms with E-state index >= 15 is 0 Å². The summed E-state index contributed by atoms with van der Waals surface area (Å²) in [4.78, 5) is 58.1. The zero-order chi connectivity index (χ0) is 30.7. The van der Waals surface area contributed by atoms with Crippen LogP contribution in [0, 0.1) is 12.7 Å². The van der Waals surface area contributed by atoms with Crippen LogP contribution in [0.1, 0.15) is 33.1 Å². The van der Waals surface area contributed by atoms with Crippen molar-refractivity contribution in [3.05, 3.63) is 125 Å². The largest absolute Gasteiger partial charge is 0.378 e. The zero-order valence-corrected chi connectivity index (χ0v) is 24.1. The molecule has 1 N–H and O–H groups in total. The summed E-state index contributed by atoms with van der Waals surface area (Å²) in [6, 6.07) is 25.4. The van der Waals surface area contributed by atoms with Gasteiger partial charge in [-0.3, -0.25) is 24.1 Å². The molecular weight excluding hydrogens is 547 g/mol. The van der Waals surface area contributed by atoms with Gasteiger partial charge in [-0.1, -0.05) is 54.1 Å². The lowest BCUT2D eigenvalue weighted by atomic mass is 10.0. The van der Waals surface area contributed by atoms with Crippen molar-refractivity contribution in [2.45, 2.75) is 19.5 Å².